The van der Waals surface area contributed by atoms with Crippen LogP contribution in [0.5, 0.6) is 11.5 Å². The van der Waals surface area contributed by atoms with Crippen LogP contribution in [0.25, 0.3) is 21.8 Å². The van der Waals surface area contributed by atoms with E-state index in [-0.39, 0.29) is 0 Å². The van der Waals surface area contributed by atoms with Gasteiger partial charge in [-0.1, -0.05) is 48.5 Å². The maximum atomic E-state index is 5.96. The van der Waals surface area contributed by atoms with E-state index in [2.05, 4.69) is 54.0 Å². The van der Waals surface area contributed by atoms with Crippen LogP contribution in [0.1, 0.15) is 18.1 Å². The normalized spacial score (nSPS) is 11.5. The fraction of sp³-hybridized carbons (Fsp3) is 0.138. The molecule has 0 radical (unpaired) electrons. The topological polar surface area (TPSA) is 35.8 Å². The van der Waals surface area contributed by atoms with Crippen LogP contribution in [0.2, 0.25) is 0 Å². The average molecular weight is 435 g/mol. The lowest BCUT2D eigenvalue weighted by molar-refractivity contribution is 0.284. The Hall–Kier alpha value is -4.05. The summed E-state index contributed by atoms with van der Waals surface area (Å²) in [6, 6.07) is 30.9. The van der Waals surface area contributed by atoms with E-state index in [0.717, 1.165) is 23.4 Å². The van der Waals surface area contributed by atoms with Crippen molar-refractivity contribution >= 4 is 33.7 Å². The number of ether oxygens (including phenoxy) is 2. The molecule has 0 unspecified atom stereocenters. The van der Waals surface area contributed by atoms with Gasteiger partial charge in [0.1, 0.15) is 6.61 Å². The summed E-state index contributed by atoms with van der Waals surface area (Å²) < 4.78 is 13.9. The zero-order valence-electron chi connectivity index (χ0n) is 18.9. The number of methoxy groups -OCH3 is 1. The van der Waals surface area contributed by atoms with Crippen LogP contribution >= 0.6 is 0 Å². The minimum absolute atomic E-state index is 0.496. The number of aromatic nitrogens is 1. The molecule has 5 rings (SSSR count). The molecule has 0 bridgehead atoms. The van der Waals surface area contributed by atoms with Gasteiger partial charge >= 0.3 is 0 Å². The maximum absolute atomic E-state index is 5.96. The van der Waals surface area contributed by atoms with Gasteiger partial charge in [-0.2, -0.15) is 0 Å². The monoisotopic (exact) mass is 434 g/mol. The number of hydrogen-bond donors (Lipinski definition) is 0. The number of fused-ring (bicyclic) bond motifs is 3. The molecule has 0 amide bonds. The second kappa shape index (κ2) is 9.21. The van der Waals surface area contributed by atoms with Crippen molar-refractivity contribution in [3.8, 4) is 11.5 Å². The Kier molecular flexibility index (Phi) is 5.81. The van der Waals surface area contributed by atoms with Crippen molar-refractivity contribution in [3.63, 3.8) is 0 Å². The molecule has 4 heteroatoms. The molecule has 1 heterocycles. The molecule has 0 aliphatic heterocycles. The van der Waals surface area contributed by atoms with Gasteiger partial charge < -0.3 is 14.0 Å². The Bertz CT molecular complexity index is 1430. The van der Waals surface area contributed by atoms with Gasteiger partial charge in [0.05, 0.1) is 12.8 Å². The first kappa shape index (κ1) is 20.8. The third-order valence-electron chi connectivity index (χ3n) is 5.86. The summed E-state index contributed by atoms with van der Waals surface area (Å²) in [6.45, 7) is 3.61. The number of aryl methyl sites for hydroxylation is 1. The highest BCUT2D eigenvalue weighted by molar-refractivity contribution is 6.09. The van der Waals surface area contributed by atoms with E-state index in [9.17, 15) is 0 Å². The van der Waals surface area contributed by atoms with Gasteiger partial charge in [0.25, 0.3) is 0 Å². The number of para-hydroxylation sites is 1. The lowest BCUT2D eigenvalue weighted by atomic mass is 10.1. The van der Waals surface area contributed by atoms with Crippen molar-refractivity contribution in [1.82, 2.24) is 4.57 Å². The van der Waals surface area contributed by atoms with Crippen LogP contribution in [0.3, 0.4) is 0 Å². The minimum atomic E-state index is 0.496. The molecule has 0 N–H and O–H groups in total. The zero-order chi connectivity index (χ0) is 22.6. The molecular formula is C29H26N2O2. The molecule has 33 heavy (non-hydrogen) atoms. The second-order valence-electron chi connectivity index (χ2n) is 7.91. The molecule has 0 fully saturated rings. The minimum Gasteiger partial charge on any atom is -0.493 e. The molecule has 0 spiro atoms. The third kappa shape index (κ3) is 4.20. The molecule has 0 aliphatic carbocycles. The van der Waals surface area contributed by atoms with Crippen molar-refractivity contribution < 1.29 is 9.47 Å². The smallest absolute Gasteiger partial charge is 0.161 e. The first-order valence-electron chi connectivity index (χ1n) is 11.2. The van der Waals surface area contributed by atoms with Gasteiger partial charge in [0.15, 0.2) is 11.5 Å². The van der Waals surface area contributed by atoms with E-state index >= 15 is 0 Å². The van der Waals surface area contributed by atoms with Crippen molar-refractivity contribution in [2.45, 2.75) is 20.1 Å². The van der Waals surface area contributed by atoms with Crippen LogP contribution < -0.4 is 9.47 Å². The summed E-state index contributed by atoms with van der Waals surface area (Å²) in [5.74, 6) is 1.41. The predicted molar refractivity (Wildman–Crippen MR) is 136 cm³/mol. The van der Waals surface area contributed by atoms with E-state index in [0.29, 0.717) is 18.1 Å². The highest BCUT2D eigenvalue weighted by Crippen LogP contribution is 2.32. The summed E-state index contributed by atoms with van der Waals surface area (Å²) in [4.78, 5) is 4.74. The van der Waals surface area contributed by atoms with Crippen molar-refractivity contribution in [2.75, 3.05) is 7.11 Å². The largest absolute Gasteiger partial charge is 0.493 e. The van der Waals surface area contributed by atoms with Crippen LogP contribution in [-0.4, -0.2) is 17.9 Å². The Labute approximate surface area is 193 Å². The summed E-state index contributed by atoms with van der Waals surface area (Å²) in [5, 5.41) is 2.48. The average Bonchev–Trinajstić information content (AvgIpc) is 3.20. The Morgan fingerprint density at radius 2 is 1.58 bits per heavy atom. The van der Waals surface area contributed by atoms with Gasteiger partial charge in [-0.05, 0) is 60.5 Å². The number of hydrogen-bond acceptors (Lipinski definition) is 3. The first-order chi connectivity index (χ1) is 16.3. The molecule has 0 aliphatic rings. The Balaban J connectivity index is 1.40. The molecule has 5 aromatic rings. The summed E-state index contributed by atoms with van der Waals surface area (Å²) in [5.41, 5.74) is 5.48. The fourth-order valence-electron chi connectivity index (χ4n) is 4.23. The highest BCUT2D eigenvalue weighted by atomic mass is 16.5. The van der Waals surface area contributed by atoms with Crippen LogP contribution in [0.15, 0.2) is 96.0 Å². The number of nitrogens with zero attached hydrogens (tertiary/aromatic N) is 2. The maximum Gasteiger partial charge on any atom is 0.161 e. The van der Waals surface area contributed by atoms with Crippen LogP contribution in [0.4, 0.5) is 5.69 Å². The van der Waals surface area contributed by atoms with E-state index in [4.69, 9.17) is 14.5 Å². The zero-order valence-corrected chi connectivity index (χ0v) is 18.9. The SMILES string of the molecule is CCn1c2ccccc2c2cc(N=Cc3ccc(OCc4ccccc4)c(OC)c3)ccc21. The van der Waals surface area contributed by atoms with Crippen molar-refractivity contribution in [1.29, 1.82) is 0 Å². The fourth-order valence-corrected chi connectivity index (χ4v) is 4.23. The van der Waals surface area contributed by atoms with Crippen molar-refractivity contribution in [2.24, 2.45) is 4.99 Å². The molecule has 4 aromatic carbocycles. The van der Waals surface area contributed by atoms with E-state index in [1.165, 1.54) is 21.8 Å². The standard InChI is InChI=1S/C29H26N2O2/c1-3-31-26-12-8-7-11-24(26)25-18-23(14-15-27(25)31)30-19-22-13-16-28(29(17-22)32-2)33-20-21-9-5-4-6-10-21/h4-19H,3,20H2,1-2H3. The highest BCUT2D eigenvalue weighted by Gasteiger charge is 2.10. The van der Waals surface area contributed by atoms with E-state index in [1.807, 2.05) is 54.7 Å². The van der Waals surface area contributed by atoms with Crippen LogP contribution in [0, 0.1) is 0 Å². The molecular weight excluding hydrogens is 408 g/mol. The van der Waals surface area contributed by atoms with Crippen molar-refractivity contribution in [3.05, 3.63) is 102 Å². The van der Waals surface area contributed by atoms with Gasteiger partial charge in [-0.15, -0.1) is 0 Å². The first-order valence-corrected chi connectivity index (χ1v) is 11.2. The molecule has 0 saturated heterocycles. The number of aliphatic imine (C=N–C) groups is 1. The summed E-state index contributed by atoms with van der Waals surface area (Å²) >= 11 is 0. The Morgan fingerprint density at radius 1 is 0.788 bits per heavy atom. The van der Waals surface area contributed by atoms with Gasteiger partial charge in [0, 0.05) is 34.6 Å². The third-order valence-corrected chi connectivity index (χ3v) is 5.86. The quantitative estimate of drug-likeness (QED) is 0.255. The molecule has 4 nitrogen and oxygen atoms in total. The molecule has 164 valence electrons. The number of rotatable bonds is 7. The van der Waals surface area contributed by atoms with E-state index < -0.39 is 0 Å². The lowest BCUT2D eigenvalue weighted by Crippen LogP contribution is -1.98. The second-order valence-corrected chi connectivity index (χ2v) is 7.91. The summed E-state index contributed by atoms with van der Waals surface area (Å²) in [7, 11) is 1.66. The van der Waals surface area contributed by atoms with Gasteiger partial charge in [-0.3, -0.25) is 4.99 Å². The predicted octanol–water partition coefficient (Wildman–Crippen LogP) is 7.15. The van der Waals surface area contributed by atoms with Gasteiger partial charge in [0.2, 0.25) is 0 Å². The Morgan fingerprint density at radius 3 is 2.39 bits per heavy atom. The molecule has 0 saturated carbocycles. The number of benzene rings is 4. The molecule has 1 aromatic heterocycles. The van der Waals surface area contributed by atoms with Crippen LogP contribution in [-0.2, 0) is 13.2 Å². The lowest BCUT2D eigenvalue weighted by Gasteiger charge is -2.11. The molecule has 0 atom stereocenters. The van der Waals surface area contributed by atoms with E-state index in [1.54, 1.807) is 7.11 Å². The van der Waals surface area contributed by atoms with Gasteiger partial charge in [-0.25, -0.2) is 0 Å². The summed E-state index contributed by atoms with van der Waals surface area (Å²) in [6.07, 6.45) is 1.86.